The third-order valence-electron chi connectivity index (χ3n) is 14.4. The summed E-state index contributed by atoms with van der Waals surface area (Å²) in [6.07, 6.45) is 2.14. The van der Waals surface area contributed by atoms with Crippen LogP contribution in [0.2, 0.25) is 0 Å². The van der Waals surface area contributed by atoms with Gasteiger partial charge in [0.25, 0.3) is 0 Å². The second-order valence-electron chi connectivity index (χ2n) is 20.6. The molecule has 354 valence electrons. The van der Waals surface area contributed by atoms with Crippen LogP contribution in [0, 0.1) is 5.41 Å². The van der Waals surface area contributed by atoms with Crippen LogP contribution in [0.1, 0.15) is 102 Å². The van der Waals surface area contributed by atoms with Crippen molar-refractivity contribution in [2.45, 2.75) is 97.8 Å². The van der Waals surface area contributed by atoms with Crippen LogP contribution in [0.3, 0.4) is 0 Å². The van der Waals surface area contributed by atoms with Crippen molar-refractivity contribution in [3.63, 3.8) is 0 Å². The minimum atomic E-state index is -0.890. The Labute approximate surface area is 383 Å². The average molecular weight is 887 g/mol. The monoisotopic (exact) mass is 887 g/mol. The Bertz CT molecular complexity index is 1850. The van der Waals surface area contributed by atoms with Gasteiger partial charge in [-0.15, -0.1) is 0 Å². The highest BCUT2D eigenvalue weighted by Gasteiger charge is 2.38. The molecule has 0 saturated carbocycles. The van der Waals surface area contributed by atoms with Gasteiger partial charge < -0.3 is 24.0 Å². The summed E-state index contributed by atoms with van der Waals surface area (Å²) in [7, 11) is 0. The van der Waals surface area contributed by atoms with Crippen LogP contribution in [0.25, 0.3) is 0 Å². The lowest BCUT2D eigenvalue weighted by atomic mass is 9.83. The molecule has 13 nitrogen and oxygen atoms in total. The largest absolute Gasteiger partial charge is 0.379 e. The molecule has 4 fully saturated rings. The van der Waals surface area contributed by atoms with Gasteiger partial charge in [-0.05, 0) is 102 Å². The summed E-state index contributed by atoms with van der Waals surface area (Å²) < 4.78 is 17.2. The second kappa shape index (κ2) is 21.8. The third-order valence-corrected chi connectivity index (χ3v) is 14.4. The normalized spacial score (nSPS) is 19.5. The number of benzene rings is 2. The van der Waals surface area contributed by atoms with Gasteiger partial charge >= 0.3 is 0 Å². The minimum Gasteiger partial charge on any atom is -0.379 e. The van der Waals surface area contributed by atoms with Gasteiger partial charge in [-0.3, -0.25) is 38.8 Å². The summed E-state index contributed by atoms with van der Waals surface area (Å²) in [6, 6.07) is 16.1. The van der Waals surface area contributed by atoms with Crippen molar-refractivity contribution in [1.82, 2.24) is 19.6 Å². The molecule has 0 unspecified atom stereocenters. The molecule has 0 aromatic heterocycles. The predicted molar refractivity (Wildman–Crippen MR) is 254 cm³/mol. The first kappa shape index (κ1) is 49.9. The maximum Gasteiger partial charge on any atom is 0.182 e. The number of ketones is 4. The molecule has 4 saturated heterocycles. The van der Waals surface area contributed by atoms with E-state index in [9.17, 15) is 19.2 Å². The van der Waals surface area contributed by atoms with Gasteiger partial charge in [-0.2, -0.15) is 0 Å². The van der Waals surface area contributed by atoms with E-state index in [0.717, 1.165) is 108 Å². The molecule has 0 bridgehead atoms. The fraction of sp³-hybridized carbons (Fsp3) is 0.686. The maximum atomic E-state index is 13.4. The van der Waals surface area contributed by atoms with Crippen LogP contribution in [0.5, 0.6) is 0 Å². The third kappa shape index (κ3) is 13.1. The molecule has 2 aromatic carbocycles. The van der Waals surface area contributed by atoms with E-state index in [1.54, 1.807) is 0 Å². The lowest BCUT2D eigenvalue weighted by Crippen LogP contribution is -2.54. The van der Waals surface area contributed by atoms with Gasteiger partial charge in [-0.25, -0.2) is 0 Å². The Morgan fingerprint density at radius 2 is 0.922 bits per heavy atom. The number of carbonyl (C=O) groups excluding carboxylic acids is 4. The fourth-order valence-corrected chi connectivity index (χ4v) is 9.56. The van der Waals surface area contributed by atoms with Crippen molar-refractivity contribution in [1.29, 1.82) is 0 Å². The Kier molecular flexibility index (Phi) is 17.0. The molecule has 0 radical (unpaired) electrons. The molecule has 0 N–H and O–H groups in total. The second-order valence-corrected chi connectivity index (χ2v) is 20.6. The SMILES string of the molecule is CC(C)(CCOC(C)(C)C(=O)CCN1CCN(c2ccc(C(=O)C(C)(C)N3CCOCC3)cc2)CC1)CC(=O)CCN1CCN(c2ccc(C(=O)C(C)(C)N3CCOCC3)cc2)CC1. The highest BCUT2D eigenvalue weighted by Crippen LogP contribution is 2.29. The minimum absolute atomic E-state index is 0.0970. The number of hydrogen-bond acceptors (Lipinski definition) is 13. The zero-order chi connectivity index (χ0) is 46.1. The van der Waals surface area contributed by atoms with E-state index in [1.165, 1.54) is 0 Å². The summed E-state index contributed by atoms with van der Waals surface area (Å²) >= 11 is 0. The fourth-order valence-electron chi connectivity index (χ4n) is 9.56. The van der Waals surface area contributed by atoms with Crippen molar-refractivity contribution in [2.24, 2.45) is 5.41 Å². The number of hydrogen-bond donors (Lipinski definition) is 0. The van der Waals surface area contributed by atoms with Crippen molar-refractivity contribution in [2.75, 3.05) is 134 Å². The highest BCUT2D eigenvalue weighted by atomic mass is 16.5. The van der Waals surface area contributed by atoms with Crippen LogP contribution < -0.4 is 9.80 Å². The number of ether oxygens (including phenoxy) is 3. The van der Waals surface area contributed by atoms with Crippen LogP contribution in [-0.4, -0.2) is 184 Å². The summed E-state index contributed by atoms with van der Waals surface area (Å²) in [5.74, 6) is 0.631. The van der Waals surface area contributed by atoms with Crippen molar-refractivity contribution in [3.8, 4) is 0 Å². The van der Waals surface area contributed by atoms with E-state index >= 15 is 0 Å². The van der Waals surface area contributed by atoms with E-state index in [-0.39, 0.29) is 28.5 Å². The molecule has 64 heavy (non-hydrogen) atoms. The van der Waals surface area contributed by atoms with Gasteiger partial charge in [-0.1, -0.05) is 13.8 Å². The first-order valence-electron chi connectivity index (χ1n) is 23.9. The van der Waals surface area contributed by atoms with Gasteiger partial charge in [0, 0.05) is 140 Å². The van der Waals surface area contributed by atoms with E-state index in [1.807, 2.05) is 65.8 Å². The topological polar surface area (TPSA) is 115 Å². The van der Waals surface area contributed by atoms with Gasteiger partial charge in [0.1, 0.15) is 11.4 Å². The smallest absolute Gasteiger partial charge is 0.182 e. The summed E-state index contributed by atoms with van der Waals surface area (Å²) in [5.41, 5.74) is 1.45. The van der Waals surface area contributed by atoms with Gasteiger partial charge in [0.05, 0.1) is 37.5 Å². The molecule has 0 spiro atoms. The molecule has 6 rings (SSSR count). The van der Waals surface area contributed by atoms with E-state index in [4.69, 9.17) is 14.2 Å². The lowest BCUT2D eigenvalue weighted by Gasteiger charge is -2.39. The van der Waals surface area contributed by atoms with Crippen molar-refractivity contribution in [3.05, 3.63) is 59.7 Å². The zero-order valence-electron chi connectivity index (χ0n) is 40.4. The molecule has 0 atom stereocenters. The van der Waals surface area contributed by atoms with E-state index < -0.39 is 16.7 Å². The van der Waals surface area contributed by atoms with Crippen LogP contribution in [-0.2, 0) is 23.8 Å². The Balaban J connectivity index is 0.836. The van der Waals surface area contributed by atoms with Crippen molar-refractivity contribution >= 4 is 34.5 Å². The first-order valence-corrected chi connectivity index (χ1v) is 23.9. The van der Waals surface area contributed by atoms with Gasteiger partial charge in [0.15, 0.2) is 17.3 Å². The molecular formula is C51H78N6O7. The standard InChI is InChI=1S/C51H78N6O7/c1-48(2,39-44(58)17-20-52-22-26-54(27-23-52)42-13-9-40(10-14-42)46(60)49(3,4)56-30-35-62-36-31-56)19-34-64-51(7,8)45(59)18-21-53-24-28-55(29-25-53)43-15-11-41(12-16-43)47(61)50(5,6)57-32-37-63-38-33-57/h9-16H,17-39H2,1-8H3. The number of morpholine rings is 2. The van der Waals surface area contributed by atoms with Gasteiger partial charge in [0.2, 0.25) is 0 Å². The number of carbonyl (C=O) groups is 4. The molecular weight excluding hydrogens is 809 g/mol. The highest BCUT2D eigenvalue weighted by molar-refractivity contribution is 6.03. The van der Waals surface area contributed by atoms with Crippen LogP contribution in [0.4, 0.5) is 11.4 Å². The summed E-state index contributed by atoms with van der Waals surface area (Å²) in [4.78, 5) is 67.3. The molecule has 4 heterocycles. The number of anilines is 2. The summed E-state index contributed by atoms with van der Waals surface area (Å²) in [5, 5.41) is 0. The Morgan fingerprint density at radius 3 is 1.33 bits per heavy atom. The van der Waals surface area contributed by atoms with Crippen molar-refractivity contribution < 1.29 is 33.4 Å². The average Bonchev–Trinajstić information content (AvgIpc) is 3.30. The molecule has 13 heteroatoms. The Morgan fingerprint density at radius 1 is 0.531 bits per heavy atom. The number of rotatable bonds is 21. The van der Waals surface area contributed by atoms with E-state index in [2.05, 4.69) is 67.5 Å². The number of Topliss-reactive ketones (excluding diaryl/α,β-unsaturated/α-hetero) is 4. The predicted octanol–water partition coefficient (Wildman–Crippen LogP) is 5.74. The zero-order valence-corrected chi connectivity index (χ0v) is 40.4. The summed E-state index contributed by atoms with van der Waals surface area (Å²) in [6.45, 7) is 30.6. The number of piperazine rings is 2. The van der Waals surface area contributed by atoms with Crippen LogP contribution >= 0.6 is 0 Å². The molecule has 4 aliphatic heterocycles. The molecule has 4 aliphatic rings. The molecule has 2 aromatic rings. The molecule has 0 aliphatic carbocycles. The first-order chi connectivity index (χ1) is 30.4. The molecule has 0 amide bonds. The number of nitrogens with zero attached hydrogens (tertiary/aromatic N) is 6. The van der Waals surface area contributed by atoms with Crippen LogP contribution in [0.15, 0.2) is 48.5 Å². The lowest BCUT2D eigenvalue weighted by molar-refractivity contribution is -0.142. The van der Waals surface area contributed by atoms with E-state index in [0.29, 0.717) is 65.3 Å². The Hall–Kier alpha value is -3.56. The quantitative estimate of drug-likeness (QED) is 0.142. The maximum absolute atomic E-state index is 13.4.